The molecule has 0 aromatic heterocycles. The number of carbonyl (C=O) groups excluding carboxylic acids is 1. The molecule has 3 nitrogen and oxygen atoms in total. The van der Waals surface area contributed by atoms with Crippen LogP contribution in [0.2, 0.25) is 10.0 Å². The van der Waals surface area contributed by atoms with Gasteiger partial charge in [0.25, 0.3) is 0 Å². The Bertz CT molecular complexity index is 785. The molecule has 3 rings (SSSR count). The predicted octanol–water partition coefficient (Wildman–Crippen LogP) is 5.47. The normalized spacial score (nSPS) is 19.9. The van der Waals surface area contributed by atoms with E-state index in [0.29, 0.717) is 5.71 Å². The van der Waals surface area contributed by atoms with Crippen LogP contribution in [0, 0.1) is 11.7 Å². The Hall–Kier alpha value is -1.91. The minimum absolute atomic E-state index is 0.100. The summed E-state index contributed by atoms with van der Waals surface area (Å²) in [6.45, 7) is 1.80. The lowest BCUT2D eigenvalue weighted by molar-refractivity contribution is 0.0515. The van der Waals surface area contributed by atoms with Gasteiger partial charge < -0.3 is 4.84 Å². The van der Waals surface area contributed by atoms with Crippen LogP contribution in [-0.4, -0.2) is 11.7 Å². The van der Waals surface area contributed by atoms with Crippen LogP contribution in [0.15, 0.2) is 47.6 Å². The lowest BCUT2D eigenvalue weighted by Crippen LogP contribution is -2.06. The van der Waals surface area contributed by atoms with Gasteiger partial charge in [0.15, 0.2) is 0 Å². The van der Waals surface area contributed by atoms with Gasteiger partial charge >= 0.3 is 5.97 Å². The summed E-state index contributed by atoms with van der Waals surface area (Å²) in [6.07, 6.45) is 0.894. The zero-order valence-electron chi connectivity index (χ0n) is 12.8. The summed E-state index contributed by atoms with van der Waals surface area (Å²) in [5.41, 5.74) is 1.86. The van der Waals surface area contributed by atoms with Crippen LogP contribution < -0.4 is 0 Å². The molecule has 0 spiro atoms. The zero-order chi connectivity index (χ0) is 17.3. The molecule has 1 fully saturated rings. The highest BCUT2D eigenvalue weighted by Crippen LogP contribution is 2.48. The maximum absolute atomic E-state index is 13.0. The molecule has 0 bridgehead atoms. The summed E-state index contributed by atoms with van der Waals surface area (Å²) in [6, 6.07) is 11.2. The molecule has 0 heterocycles. The summed E-state index contributed by atoms with van der Waals surface area (Å²) in [4.78, 5) is 17.1. The van der Waals surface area contributed by atoms with Crippen molar-refractivity contribution in [2.24, 2.45) is 11.1 Å². The van der Waals surface area contributed by atoms with Gasteiger partial charge in [-0.05, 0) is 49.1 Å². The van der Waals surface area contributed by atoms with Crippen molar-refractivity contribution in [3.8, 4) is 0 Å². The molecule has 2 aromatic carbocycles. The van der Waals surface area contributed by atoms with Crippen molar-refractivity contribution in [3.05, 3.63) is 69.5 Å². The van der Waals surface area contributed by atoms with E-state index < -0.39 is 5.97 Å². The fourth-order valence-corrected chi connectivity index (χ4v) is 3.21. The van der Waals surface area contributed by atoms with Crippen molar-refractivity contribution >= 4 is 34.9 Å². The van der Waals surface area contributed by atoms with Crippen molar-refractivity contribution in [3.63, 3.8) is 0 Å². The minimum atomic E-state index is -0.691. The van der Waals surface area contributed by atoms with E-state index in [1.807, 2.05) is 0 Å². The minimum Gasteiger partial charge on any atom is -0.313 e. The van der Waals surface area contributed by atoms with Gasteiger partial charge in [0.05, 0.1) is 21.3 Å². The van der Waals surface area contributed by atoms with Crippen LogP contribution in [0.25, 0.3) is 0 Å². The molecule has 0 N–H and O–H groups in total. The molecule has 2 atom stereocenters. The van der Waals surface area contributed by atoms with E-state index >= 15 is 0 Å². The summed E-state index contributed by atoms with van der Waals surface area (Å²) in [5.74, 6) is -0.488. The maximum Gasteiger partial charge on any atom is 0.368 e. The molecule has 124 valence electrons. The average molecular weight is 366 g/mol. The van der Waals surface area contributed by atoms with Crippen LogP contribution in [0.5, 0.6) is 0 Å². The highest BCUT2D eigenvalue weighted by atomic mass is 35.5. The van der Waals surface area contributed by atoms with Crippen molar-refractivity contribution in [2.45, 2.75) is 19.3 Å². The Morgan fingerprint density at radius 3 is 2.42 bits per heavy atom. The Kier molecular flexibility index (Phi) is 4.88. The number of rotatable bonds is 4. The smallest absolute Gasteiger partial charge is 0.313 e. The van der Waals surface area contributed by atoms with Crippen LogP contribution in [-0.2, 0) is 4.84 Å². The van der Waals surface area contributed by atoms with Crippen molar-refractivity contribution in [2.75, 3.05) is 0 Å². The molecule has 0 radical (unpaired) electrons. The fourth-order valence-electron chi connectivity index (χ4n) is 2.65. The SMILES string of the molecule is C/C(=N\OC(=O)c1c(Cl)cccc1Cl)C1CC1c1ccc(F)cc1. The van der Waals surface area contributed by atoms with E-state index in [1.54, 1.807) is 37.3 Å². The first kappa shape index (κ1) is 16.9. The van der Waals surface area contributed by atoms with E-state index in [1.165, 1.54) is 12.1 Å². The maximum atomic E-state index is 13.0. The largest absolute Gasteiger partial charge is 0.368 e. The number of nitrogens with zero attached hydrogens (tertiary/aromatic N) is 1. The van der Waals surface area contributed by atoms with Gasteiger partial charge in [0, 0.05) is 5.92 Å². The van der Waals surface area contributed by atoms with Crippen LogP contribution in [0.1, 0.15) is 35.2 Å². The zero-order valence-corrected chi connectivity index (χ0v) is 14.3. The second kappa shape index (κ2) is 6.91. The molecule has 0 aliphatic heterocycles. The molecule has 6 heteroatoms. The predicted molar refractivity (Wildman–Crippen MR) is 92.2 cm³/mol. The highest BCUT2D eigenvalue weighted by Gasteiger charge is 2.40. The highest BCUT2D eigenvalue weighted by molar-refractivity contribution is 6.39. The first-order chi connectivity index (χ1) is 11.5. The Labute approximate surface area is 149 Å². The van der Waals surface area contributed by atoms with Crippen molar-refractivity contribution in [1.82, 2.24) is 0 Å². The molecule has 2 aromatic rings. The Balaban J connectivity index is 1.65. The number of hydrogen-bond acceptors (Lipinski definition) is 3. The van der Waals surface area contributed by atoms with Gasteiger partial charge in [-0.1, -0.05) is 46.6 Å². The molecular formula is C18H14Cl2FNO2. The summed E-state index contributed by atoms with van der Waals surface area (Å²) >= 11 is 11.9. The van der Waals surface area contributed by atoms with Crippen LogP contribution in [0.4, 0.5) is 4.39 Å². The van der Waals surface area contributed by atoms with Crippen molar-refractivity contribution in [1.29, 1.82) is 0 Å². The Morgan fingerprint density at radius 1 is 1.17 bits per heavy atom. The van der Waals surface area contributed by atoms with Gasteiger partial charge in [0.1, 0.15) is 5.82 Å². The molecule has 1 aliphatic rings. The summed E-state index contributed by atoms with van der Waals surface area (Å²) in [7, 11) is 0. The molecule has 1 saturated carbocycles. The van der Waals surface area contributed by atoms with Gasteiger partial charge in [-0.15, -0.1) is 0 Å². The van der Waals surface area contributed by atoms with E-state index in [9.17, 15) is 9.18 Å². The number of halogens is 3. The van der Waals surface area contributed by atoms with Crippen LogP contribution in [0.3, 0.4) is 0 Å². The topological polar surface area (TPSA) is 38.7 Å². The van der Waals surface area contributed by atoms with Gasteiger partial charge in [-0.3, -0.25) is 0 Å². The molecule has 24 heavy (non-hydrogen) atoms. The number of hydrogen-bond donors (Lipinski definition) is 0. The lowest BCUT2D eigenvalue weighted by Gasteiger charge is -2.04. The quantitative estimate of drug-likeness (QED) is 0.409. The molecule has 1 aliphatic carbocycles. The average Bonchev–Trinajstić information content (AvgIpc) is 3.34. The molecule has 0 amide bonds. The van der Waals surface area contributed by atoms with Gasteiger partial charge in [0.2, 0.25) is 0 Å². The molecule has 0 saturated heterocycles. The third-order valence-electron chi connectivity index (χ3n) is 4.06. The Morgan fingerprint density at radius 2 is 1.79 bits per heavy atom. The monoisotopic (exact) mass is 365 g/mol. The van der Waals surface area contributed by atoms with E-state index in [-0.39, 0.29) is 33.3 Å². The fraction of sp³-hybridized carbons (Fsp3) is 0.222. The number of benzene rings is 2. The standard InChI is InChI=1S/C18H14Cl2FNO2/c1-10(13-9-14(13)11-5-7-12(21)8-6-11)22-24-18(23)17-15(19)3-2-4-16(17)20/h2-8,13-14H,9H2,1H3/b22-10+. The summed E-state index contributed by atoms with van der Waals surface area (Å²) in [5, 5.41) is 4.35. The first-order valence-electron chi connectivity index (χ1n) is 7.42. The van der Waals surface area contributed by atoms with Crippen molar-refractivity contribution < 1.29 is 14.0 Å². The number of carbonyl (C=O) groups is 1. The second-order valence-electron chi connectivity index (χ2n) is 5.71. The third kappa shape index (κ3) is 3.60. The van der Waals surface area contributed by atoms with Crippen LogP contribution >= 0.6 is 23.2 Å². The van der Waals surface area contributed by atoms with Gasteiger partial charge in [-0.2, -0.15) is 0 Å². The van der Waals surface area contributed by atoms with E-state index in [2.05, 4.69) is 5.16 Å². The van der Waals surface area contributed by atoms with E-state index in [0.717, 1.165) is 12.0 Å². The molecule has 2 unspecified atom stereocenters. The molecular weight excluding hydrogens is 352 g/mol. The number of oxime groups is 1. The lowest BCUT2D eigenvalue weighted by atomic mass is 10.1. The first-order valence-corrected chi connectivity index (χ1v) is 8.18. The third-order valence-corrected chi connectivity index (χ3v) is 4.69. The van der Waals surface area contributed by atoms with Gasteiger partial charge in [-0.25, -0.2) is 9.18 Å². The van der Waals surface area contributed by atoms with E-state index in [4.69, 9.17) is 28.0 Å². The summed E-state index contributed by atoms with van der Waals surface area (Å²) < 4.78 is 13.0. The second-order valence-corrected chi connectivity index (χ2v) is 6.52.